The molecule has 3 saturated carbocycles. The van der Waals surface area contributed by atoms with Crippen LogP contribution in [0.1, 0.15) is 96.0 Å². The van der Waals surface area contributed by atoms with Gasteiger partial charge in [0.05, 0.1) is 47.2 Å². The number of hydrogen-bond donors (Lipinski definition) is 3. The first-order valence-corrected chi connectivity index (χ1v) is 30.3. The quantitative estimate of drug-likeness (QED) is 0.0636. The van der Waals surface area contributed by atoms with Crippen molar-refractivity contribution in [2.24, 2.45) is 17.8 Å². The zero-order valence-electron chi connectivity index (χ0n) is 43.9. The highest BCUT2D eigenvalue weighted by atomic mass is 35.5. The third kappa shape index (κ3) is 17.6. The first-order valence-electron chi connectivity index (χ1n) is 25.8. The van der Waals surface area contributed by atoms with Crippen molar-refractivity contribution < 1.29 is 0 Å². The second kappa shape index (κ2) is 28.9. The lowest BCUT2D eigenvalue weighted by Crippen LogP contribution is -2.28. The first kappa shape index (κ1) is 62.8. The standard InChI is InChI=1S/3C18H20Cl4N4/c3*1-3-6-26(9-11-4-5-11)18-15(22)17(23-10(2)24-18)25-16-13(20)7-12(19)8-14(16)21/h3*7-8,11H,3-6,9H2,1-2H3,(H,23,24,25). The number of hydrogen-bond acceptors (Lipinski definition) is 12. The Kier molecular flexibility index (Phi) is 23.3. The van der Waals surface area contributed by atoms with Gasteiger partial charge in [0.25, 0.3) is 0 Å². The van der Waals surface area contributed by atoms with E-state index in [0.717, 1.165) is 93.7 Å². The van der Waals surface area contributed by atoms with E-state index in [1.165, 1.54) is 38.5 Å². The van der Waals surface area contributed by atoms with Crippen molar-refractivity contribution in [3.05, 3.63) is 114 Å². The van der Waals surface area contributed by atoms with Gasteiger partial charge in [0.15, 0.2) is 34.9 Å². The molecular formula is C54H60Cl12N12. The van der Waals surface area contributed by atoms with Crippen LogP contribution in [0.15, 0.2) is 36.4 Å². The number of anilines is 9. The van der Waals surface area contributed by atoms with Crippen molar-refractivity contribution in [1.82, 2.24) is 29.9 Å². The first-order chi connectivity index (χ1) is 37.2. The van der Waals surface area contributed by atoms with Crippen LogP contribution in [0, 0.1) is 38.5 Å². The molecule has 3 N–H and O–H groups in total. The maximum absolute atomic E-state index is 6.66. The number of nitrogens with zero attached hydrogens (tertiary/aromatic N) is 9. The zero-order valence-corrected chi connectivity index (χ0v) is 52.9. The van der Waals surface area contributed by atoms with Crippen LogP contribution in [0.2, 0.25) is 60.3 Å². The second-order valence-corrected chi connectivity index (χ2v) is 24.4. The number of nitrogens with one attached hydrogen (secondary N) is 3. The van der Waals surface area contributed by atoms with Gasteiger partial charge in [0.1, 0.15) is 32.5 Å². The summed E-state index contributed by atoms with van der Waals surface area (Å²) in [6, 6.07) is 9.73. The van der Waals surface area contributed by atoms with Gasteiger partial charge in [-0.15, -0.1) is 0 Å². The van der Waals surface area contributed by atoms with E-state index in [1.54, 1.807) is 36.4 Å². The van der Waals surface area contributed by atoms with Crippen LogP contribution >= 0.6 is 139 Å². The number of rotatable bonds is 21. The Bertz CT molecular complexity index is 2680. The van der Waals surface area contributed by atoms with Crippen molar-refractivity contribution in [3.8, 4) is 0 Å². The second-order valence-electron chi connectivity index (χ2n) is 19.5. The monoisotopic (exact) mass is 1300 g/mol. The Balaban J connectivity index is 0.000000170. The van der Waals surface area contributed by atoms with Crippen LogP contribution in [0.3, 0.4) is 0 Å². The lowest BCUT2D eigenvalue weighted by atomic mass is 10.3. The van der Waals surface area contributed by atoms with Crippen molar-refractivity contribution in [1.29, 1.82) is 0 Å². The molecule has 3 aliphatic carbocycles. The van der Waals surface area contributed by atoms with Crippen molar-refractivity contribution in [2.75, 3.05) is 69.9 Å². The molecular weight excluding hydrogens is 1240 g/mol. The molecule has 0 saturated heterocycles. The van der Waals surface area contributed by atoms with Gasteiger partial charge in [-0.2, -0.15) is 0 Å². The highest BCUT2D eigenvalue weighted by molar-refractivity contribution is 6.44. The average Bonchev–Trinajstić information content (AvgIpc) is 4.25. The van der Waals surface area contributed by atoms with E-state index in [1.807, 2.05) is 20.8 Å². The maximum atomic E-state index is 6.66. The molecule has 0 bridgehead atoms. The molecule has 0 aliphatic heterocycles. The molecule has 24 heteroatoms. The fourth-order valence-corrected chi connectivity index (χ4v) is 11.8. The van der Waals surface area contributed by atoms with Crippen LogP contribution in [0.5, 0.6) is 0 Å². The topological polar surface area (TPSA) is 123 Å². The summed E-state index contributed by atoms with van der Waals surface area (Å²) in [5.41, 5.74) is 1.56. The Morgan fingerprint density at radius 1 is 0.372 bits per heavy atom. The van der Waals surface area contributed by atoms with Gasteiger partial charge in [-0.3, -0.25) is 0 Å². The van der Waals surface area contributed by atoms with E-state index >= 15 is 0 Å². The van der Waals surface area contributed by atoms with Gasteiger partial charge in [-0.25, -0.2) is 29.9 Å². The van der Waals surface area contributed by atoms with Crippen LogP contribution < -0.4 is 30.7 Å². The smallest absolute Gasteiger partial charge is 0.155 e. The third-order valence-corrected chi connectivity index (χ3v) is 16.0. The minimum absolute atomic E-state index is 0.403. The number of halogens is 12. The van der Waals surface area contributed by atoms with E-state index < -0.39 is 0 Å². The Labute approximate surface area is 517 Å². The molecule has 0 spiro atoms. The minimum Gasteiger partial charge on any atom is -0.355 e. The molecule has 6 aromatic rings. The fraction of sp³-hybridized carbons (Fsp3) is 0.444. The van der Waals surface area contributed by atoms with E-state index in [-0.39, 0.29) is 0 Å². The lowest BCUT2D eigenvalue weighted by Gasteiger charge is -2.25. The molecule has 3 fully saturated rings. The SMILES string of the molecule is CCCN(CC1CC1)c1nc(C)nc(Nc2c(Cl)cc(Cl)cc2Cl)c1Cl.CCCN(CC1CC1)c1nc(C)nc(Nc2c(Cl)cc(Cl)cc2Cl)c1Cl.CCCN(CC1CC1)c1nc(C)nc(Nc2c(Cl)cc(Cl)cc2Cl)c1Cl. The molecule has 3 aromatic carbocycles. The molecule has 12 nitrogen and oxygen atoms in total. The fourth-order valence-electron chi connectivity index (χ4n) is 8.35. The summed E-state index contributed by atoms with van der Waals surface area (Å²) in [6.45, 7) is 17.6. The Morgan fingerprint density at radius 3 is 0.782 bits per heavy atom. The molecule has 78 heavy (non-hydrogen) atoms. The maximum Gasteiger partial charge on any atom is 0.155 e. The Morgan fingerprint density at radius 2 is 0.590 bits per heavy atom. The highest BCUT2D eigenvalue weighted by Crippen LogP contribution is 2.44. The molecule has 420 valence electrons. The van der Waals surface area contributed by atoms with E-state index in [2.05, 4.69) is 81.3 Å². The summed E-state index contributed by atoms with van der Waals surface area (Å²) >= 11 is 75.6. The molecule has 0 unspecified atom stereocenters. The summed E-state index contributed by atoms with van der Waals surface area (Å²) in [6.07, 6.45) is 10.7. The van der Waals surface area contributed by atoms with E-state index in [9.17, 15) is 0 Å². The van der Waals surface area contributed by atoms with Gasteiger partial charge in [-0.1, -0.05) is 160 Å². The number of aryl methyl sites for hydroxylation is 3. The van der Waals surface area contributed by atoms with Crippen LogP contribution in [-0.2, 0) is 0 Å². The normalized spacial score (nSPS) is 13.8. The largest absolute Gasteiger partial charge is 0.355 e. The molecule has 0 atom stereocenters. The molecule has 3 aliphatic rings. The van der Waals surface area contributed by atoms with Gasteiger partial charge < -0.3 is 30.7 Å². The molecule has 0 radical (unpaired) electrons. The summed E-state index contributed by atoms with van der Waals surface area (Å²) in [5, 5.41) is 14.7. The van der Waals surface area contributed by atoms with Crippen LogP contribution in [0.25, 0.3) is 0 Å². The van der Waals surface area contributed by atoms with Crippen LogP contribution in [0.4, 0.5) is 52.0 Å². The third-order valence-electron chi connectivity index (χ3n) is 12.5. The minimum atomic E-state index is 0.403. The van der Waals surface area contributed by atoms with Crippen LogP contribution in [-0.4, -0.2) is 69.2 Å². The molecule has 9 rings (SSSR count). The van der Waals surface area contributed by atoms with Gasteiger partial charge in [0.2, 0.25) is 0 Å². The molecule has 3 aromatic heterocycles. The van der Waals surface area contributed by atoms with Crippen molar-refractivity contribution >= 4 is 191 Å². The lowest BCUT2D eigenvalue weighted by molar-refractivity contribution is 0.696. The van der Waals surface area contributed by atoms with E-state index in [0.29, 0.717) is 112 Å². The van der Waals surface area contributed by atoms with Gasteiger partial charge in [0, 0.05) is 54.3 Å². The van der Waals surface area contributed by atoms with Crippen molar-refractivity contribution in [2.45, 2.75) is 99.3 Å². The zero-order chi connectivity index (χ0) is 56.5. The predicted octanol–water partition coefficient (Wildman–Crippen LogP) is 20.3. The van der Waals surface area contributed by atoms with E-state index in [4.69, 9.17) is 139 Å². The van der Waals surface area contributed by atoms with Crippen molar-refractivity contribution in [3.63, 3.8) is 0 Å². The Hall–Kier alpha value is -2.82. The number of aromatic nitrogens is 6. The number of benzene rings is 3. The summed E-state index contributed by atoms with van der Waals surface area (Å²) in [5.74, 6) is 7.76. The molecule has 3 heterocycles. The molecule has 0 amide bonds. The average molecular weight is 1300 g/mol. The van der Waals surface area contributed by atoms with Gasteiger partial charge >= 0.3 is 0 Å². The summed E-state index contributed by atoms with van der Waals surface area (Å²) < 4.78 is 0. The summed E-state index contributed by atoms with van der Waals surface area (Å²) in [4.78, 5) is 33.8. The summed E-state index contributed by atoms with van der Waals surface area (Å²) in [7, 11) is 0. The highest BCUT2D eigenvalue weighted by Gasteiger charge is 2.30. The van der Waals surface area contributed by atoms with Gasteiger partial charge in [-0.05, 0) is 133 Å². The predicted molar refractivity (Wildman–Crippen MR) is 335 cm³/mol.